The number of aryl methyl sites for hydroxylation is 1. The molecule has 25 heavy (non-hydrogen) atoms. The molecule has 0 amide bonds. The van der Waals surface area contributed by atoms with E-state index < -0.39 is 12.0 Å². The standard InChI is InChI=1S/C19H20N2O3S/c1-11(2)24-19(23)13(4)21-10-20-17-16(18(21)22)15(9-25-17)14-7-5-12(3)6-8-14/h5-11,13H,1-4H3. The molecule has 3 rings (SSSR count). The van der Waals surface area contributed by atoms with E-state index in [2.05, 4.69) is 4.98 Å². The Morgan fingerprint density at radius 1 is 1.20 bits per heavy atom. The van der Waals surface area contributed by atoms with Crippen molar-refractivity contribution in [2.24, 2.45) is 0 Å². The molecule has 5 nitrogen and oxygen atoms in total. The summed E-state index contributed by atoms with van der Waals surface area (Å²) in [5.41, 5.74) is 2.74. The first-order valence-electron chi connectivity index (χ1n) is 8.14. The van der Waals surface area contributed by atoms with Crippen LogP contribution in [0.5, 0.6) is 0 Å². The molecule has 0 fully saturated rings. The normalized spacial score (nSPS) is 12.5. The minimum Gasteiger partial charge on any atom is -0.461 e. The van der Waals surface area contributed by atoms with Crippen molar-refractivity contribution in [3.05, 3.63) is 51.9 Å². The third-order valence-electron chi connectivity index (χ3n) is 3.99. The van der Waals surface area contributed by atoms with Gasteiger partial charge in [0.15, 0.2) is 0 Å². The summed E-state index contributed by atoms with van der Waals surface area (Å²) in [7, 11) is 0. The lowest BCUT2D eigenvalue weighted by Crippen LogP contribution is -2.30. The van der Waals surface area contributed by atoms with Gasteiger partial charge < -0.3 is 4.74 Å². The Labute approximate surface area is 149 Å². The van der Waals surface area contributed by atoms with Crippen LogP contribution in [-0.2, 0) is 9.53 Å². The van der Waals surface area contributed by atoms with Gasteiger partial charge in [0, 0.05) is 10.9 Å². The summed E-state index contributed by atoms with van der Waals surface area (Å²) in [5, 5.41) is 2.48. The molecule has 0 aliphatic carbocycles. The molecular weight excluding hydrogens is 336 g/mol. The number of hydrogen-bond acceptors (Lipinski definition) is 5. The van der Waals surface area contributed by atoms with Crippen LogP contribution in [-0.4, -0.2) is 21.6 Å². The zero-order valence-corrected chi connectivity index (χ0v) is 15.5. The molecular formula is C19H20N2O3S. The van der Waals surface area contributed by atoms with E-state index in [0.717, 1.165) is 16.7 Å². The lowest BCUT2D eigenvalue weighted by Gasteiger charge is -2.16. The molecule has 0 saturated carbocycles. The molecule has 1 atom stereocenters. The Balaban J connectivity index is 2.10. The lowest BCUT2D eigenvalue weighted by molar-refractivity contribution is -0.151. The van der Waals surface area contributed by atoms with Gasteiger partial charge in [-0.1, -0.05) is 29.8 Å². The van der Waals surface area contributed by atoms with Crippen LogP contribution >= 0.6 is 11.3 Å². The summed E-state index contributed by atoms with van der Waals surface area (Å²) < 4.78 is 6.56. The minimum atomic E-state index is -0.724. The van der Waals surface area contributed by atoms with Gasteiger partial charge in [0.2, 0.25) is 0 Å². The predicted molar refractivity (Wildman–Crippen MR) is 100.0 cm³/mol. The number of fused-ring (bicyclic) bond motifs is 1. The van der Waals surface area contributed by atoms with Gasteiger partial charge in [-0.15, -0.1) is 11.3 Å². The van der Waals surface area contributed by atoms with Crippen LogP contribution < -0.4 is 5.56 Å². The first-order chi connectivity index (χ1) is 11.9. The summed E-state index contributed by atoms with van der Waals surface area (Å²) >= 11 is 1.43. The average Bonchev–Trinajstić information content (AvgIpc) is 2.99. The molecule has 1 unspecified atom stereocenters. The van der Waals surface area contributed by atoms with E-state index in [1.165, 1.54) is 22.2 Å². The molecule has 6 heteroatoms. The van der Waals surface area contributed by atoms with Gasteiger partial charge >= 0.3 is 5.97 Å². The third kappa shape index (κ3) is 3.35. The Kier molecular flexibility index (Phi) is 4.72. The second kappa shape index (κ2) is 6.80. The smallest absolute Gasteiger partial charge is 0.329 e. The van der Waals surface area contributed by atoms with Crippen molar-refractivity contribution in [3.63, 3.8) is 0 Å². The Hall–Kier alpha value is -2.47. The summed E-state index contributed by atoms with van der Waals surface area (Å²) in [5.74, 6) is -0.439. The maximum Gasteiger partial charge on any atom is 0.329 e. The molecule has 2 aromatic heterocycles. The van der Waals surface area contributed by atoms with Crippen molar-refractivity contribution >= 4 is 27.5 Å². The Bertz CT molecular complexity index is 970. The summed E-state index contributed by atoms with van der Waals surface area (Å²) in [6.07, 6.45) is 1.19. The highest BCUT2D eigenvalue weighted by atomic mass is 32.1. The van der Waals surface area contributed by atoms with Crippen molar-refractivity contribution in [1.82, 2.24) is 9.55 Å². The fourth-order valence-corrected chi connectivity index (χ4v) is 3.52. The highest BCUT2D eigenvalue weighted by molar-refractivity contribution is 7.17. The van der Waals surface area contributed by atoms with Gasteiger partial charge in [-0.2, -0.15) is 0 Å². The second-order valence-electron chi connectivity index (χ2n) is 6.31. The average molecular weight is 356 g/mol. The van der Waals surface area contributed by atoms with E-state index in [1.54, 1.807) is 20.8 Å². The first kappa shape index (κ1) is 17.4. The Morgan fingerprint density at radius 2 is 1.88 bits per heavy atom. The fourth-order valence-electron chi connectivity index (χ4n) is 2.61. The van der Waals surface area contributed by atoms with Crippen LogP contribution in [0, 0.1) is 6.92 Å². The summed E-state index contributed by atoms with van der Waals surface area (Å²) in [6, 6.07) is 7.28. The lowest BCUT2D eigenvalue weighted by atomic mass is 10.1. The van der Waals surface area contributed by atoms with Gasteiger partial charge in [0.25, 0.3) is 5.56 Å². The van der Waals surface area contributed by atoms with Crippen LogP contribution in [0.25, 0.3) is 21.3 Å². The number of nitrogens with zero attached hydrogens (tertiary/aromatic N) is 2. The van der Waals surface area contributed by atoms with Crippen LogP contribution in [0.3, 0.4) is 0 Å². The maximum absolute atomic E-state index is 13.0. The maximum atomic E-state index is 13.0. The van der Waals surface area contributed by atoms with E-state index in [4.69, 9.17) is 4.74 Å². The largest absolute Gasteiger partial charge is 0.461 e. The van der Waals surface area contributed by atoms with Crippen LogP contribution in [0.15, 0.2) is 40.8 Å². The minimum absolute atomic E-state index is 0.227. The number of carbonyl (C=O) groups is 1. The van der Waals surface area contributed by atoms with Gasteiger partial charge in [-0.05, 0) is 33.3 Å². The van der Waals surface area contributed by atoms with Gasteiger partial charge in [-0.25, -0.2) is 9.78 Å². The molecule has 3 aromatic rings. The van der Waals surface area contributed by atoms with Crippen LogP contribution in [0.4, 0.5) is 0 Å². The molecule has 0 saturated heterocycles. The van der Waals surface area contributed by atoms with E-state index in [-0.39, 0.29) is 11.7 Å². The van der Waals surface area contributed by atoms with Gasteiger partial charge in [0.05, 0.1) is 17.8 Å². The molecule has 2 heterocycles. The number of benzene rings is 1. The summed E-state index contributed by atoms with van der Waals surface area (Å²) in [6.45, 7) is 7.23. The molecule has 0 aliphatic rings. The van der Waals surface area contributed by atoms with E-state index >= 15 is 0 Å². The fraction of sp³-hybridized carbons (Fsp3) is 0.316. The quantitative estimate of drug-likeness (QED) is 0.664. The molecule has 0 radical (unpaired) electrons. The SMILES string of the molecule is Cc1ccc(-c2csc3ncn(C(C)C(=O)OC(C)C)c(=O)c23)cc1. The van der Waals surface area contributed by atoms with Gasteiger partial charge in [-0.3, -0.25) is 9.36 Å². The Morgan fingerprint density at radius 3 is 2.52 bits per heavy atom. The van der Waals surface area contributed by atoms with Crippen molar-refractivity contribution in [1.29, 1.82) is 0 Å². The number of carbonyl (C=O) groups excluding carboxylic acids is 1. The highest BCUT2D eigenvalue weighted by Crippen LogP contribution is 2.31. The molecule has 0 bridgehead atoms. The van der Waals surface area contributed by atoms with Crippen molar-refractivity contribution in [2.45, 2.75) is 39.8 Å². The second-order valence-corrected chi connectivity index (χ2v) is 7.17. The first-order valence-corrected chi connectivity index (χ1v) is 9.02. The van der Waals surface area contributed by atoms with Gasteiger partial charge in [0.1, 0.15) is 10.9 Å². The topological polar surface area (TPSA) is 61.2 Å². The predicted octanol–water partition coefficient (Wildman–Crippen LogP) is 3.95. The number of esters is 1. The number of hydrogen-bond donors (Lipinski definition) is 0. The highest BCUT2D eigenvalue weighted by Gasteiger charge is 2.22. The summed E-state index contributed by atoms with van der Waals surface area (Å²) in [4.78, 5) is 30.2. The molecule has 0 spiro atoms. The van der Waals surface area contributed by atoms with E-state index in [1.807, 2.05) is 36.6 Å². The number of thiophene rings is 1. The molecule has 0 N–H and O–H groups in total. The molecule has 0 aliphatic heterocycles. The van der Waals surface area contributed by atoms with Crippen molar-refractivity contribution < 1.29 is 9.53 Å². The number of rotatable bonds is 4. The molecule has 130 valence electrons. The molecule has 1 aromatic carbocycles. The zero-order chi connectivity index (χ0) is 18.1. The third-order valence-corrected chi connectivity index (χ3v) is 4.88. The van der Waals surface area contributed by atoms with Crippen LogP contribution in [0.1, 0.15) is 32.4 Å². The van der Waals surface area contributed by atoms with Crippen LogP contribution in [0.2, 0.25) is 0 Å². The monoisotopic (exact) mass is 356 g/mol. The number of ether oxygens (including phenoxy) is 1. The van der Waals surface area contributed by atoms with Crippen molar-refractivity contribution in [3.8, 4) is 11.1 Å². The van der Waals surface area contributed by atoms with E-state index in [0.29, 0.717) is 10.2 Å². The number of aromatic nitrogens is 2. The van der Waals surface area contributed by atoms with Crippen molar-refractivity contribution in [2.75, 3.05) is 0 Å². The zero-order valence-electron chi connectivity index (χ0n) is 14.6. The van der Waals surface area contributed by atoms with E-state index in [9.17, 15) is 9.59 Å².